The van der Waals surface area contributed by atoms with Crippen LogP contribution in [0.2, 0.25) is 0 Å². The number of aromatic nitrogens is 3. The molecule has 2 aliphatic heterocycles. The Morgan fingerprint density at radius 1 is 1.14 bits per heavy atom. The van der Waals surface area contributed by atoms with E-state index in [1.54, 1.807) is 7.05 Å². The van der Waals surface area contributed by atoms with Gasteiger partial charge in [-0.2, -0.15) is 0 Å². The van der Waals surface area contributed by atoms with Crippen LogP contribution in [0.5, 0.6) is 0 Å². The Morgan fingerprint density at radius 2 is 1.96 bits per heavy atom. The van der Waals surface area contributed by atoms with Crippen LogP contribution in [-0.2, 0) is 24.3 Å². The molecule has 3 heterocycles. The number of hydrogen-bond acceptors (Lipinski definition) is 4. The van der Waals surface area contributed by atoms with Gasteiger partial charge in [0, 0.05) is 45.1 Å². The molecule has 1 saturated heterocycles. The molecular formula is C19H32IN7O. The number of nitrogens with zero attached hydrogens (tertiary/aromatic N) is 5. The number of carbonyl (C=O) groups excluding carboxylic acids is 1. The topological polar surface area (TPSA) is 87.4 Å². The number of aryl methyl sites for hydroxylation is 1. The Balaban J connectivity index is 0.00000225. The Bertz CT molecular complexity index is 698. The number of carbonyl (C=O) groups is 1. The quantitative estimate of drug-likeness (QED) is 0.373. The van der Waals surface area contributed by atoms with Crippen LogP contribution in [0.15, 0.2) is 4.99 Å². The summed E-state index contributed by atoms with van der Waals surface area (Å²) in [4.78, 5) is 19.0. The molecule has 2 N–H and O–H groups in total. The molecule has 0 bridgehead atoms. The van der Waals surface area contributed by atoms with Crippen molar-refractivity contribution in [1.29, 1.82) is 0 Å². The highest BCUT2D eigenvalue weighted by molar-refractivity contribution is 14.0. The highest BCUT2D eigenvalue weighted by Gasteiger charge is 2.32. The monoisotopic (exact) mass is 501 g/mol. The zero-order valence-corrected chi connectivity index (χ0v) is 19.0. The first kappa shape index (κ1) is 21.3. The van der Waals surface area contributed by atoms with Gasteiger partial charge in [-0.25, -0.2) is 0 Å². The number of rotatable bonds is 4. The van der Waals surface area contributed by atoms with Gasteiger partial charge in [-0.3, -0.25) is 9.79 Å². The number of halogens is 1. The third-order valence-electron chi connectivity index (χ3n) is 6.12. The van der Waals surface area contributed by atoms with Crippen LogP contribution in [0.3, 0.4) is 0 Å². The van der Waals surface area contributed by atoms with E-state index >= 15 is 0 Å². The number of fused-ring (bicyclic) bond motifs is 1. The van der Waals surface area contributed by atoms with Crippen molar-refractivity contribution in [1.82, 2.24) is 30.3 Å². The summed E-state index contributed by atoms with van der Waals surface area (Å²) < 4.78 is 2.22. The predicted octanol–water partition coefficient (Wildman–Crippen LogP) is 1.69. The van der Waals surface area contributed by atoms with E-state index < -0.39 is 0 Å². The van der Waals surface area contributed by atoms with Crippen LogP contribution < -0.4 is 10.6 Å². The number of guanidine groups is 1. The van der Waals surface area contributed by atoms with Gasteiger partial charge in [-0.1, -0.05) is 12.8 Å². The molecule has 9 heteroatoms. The maximum Gasteiger partial charge on any atom is 0.225 e. The first-order valence-electron chi connectivity index (χ1n) is 10.4. The molecule has 156 valence electrons. The molecule has 0 radical (unpaired) electrons. The van der Waals surface area contributed by atoms with Crippen molar-refractivity contribution in [3.05, 3.63) is 11.6 Å². The normalized spacial score (nSPS) is 22.7. The van der Waals surface area contributed by atoms with E-state index in [2.05, 4.69) is 30.4 Å². The van der Waals surface area contributed by atoms with Crippen LogP contribution in [0.4, 0.5) is 0 Å². The third-order valence-corrected chi connectivity index (χ3v) is 6.12. The largest absolute Gasteiger partial charge is 0.352 e. The highest BCUT2D eigenvalue weighted by Crippen LogP contribution is 2.27. The van der Waals surface area contributed by atoms with Gasteiger partial charge < -0.3 is 20.1 Å². The van der Waals surface area contributed by atoms with E-state index in [0.717, 1.165) is 62.9 Å². The van der Waals surface area contributed by atoms with Crippen molar-refractivity contribution in [3.8, 4) is 0 Å². The van der Waals surface area contributed by atoms with Gasteiger partial charge >= 0.3 is 0 Å². The Hall–Kier alpha value is -1.39. The van der Waals surface area contributed by atoms with Crippen LogP contribution in [0.25, 0.3) is 0 Å². The number of likely N-dealkylation sites (tertiary alicyclic amines) is 1. The molecular weight excluding hydrogens is 469 g/mol. The average molecular weight is 501 g/mol. The van der Waals surface area contributed by atoms with E-state index in [1.807, 2.05) is 4.90 Å². The molecule has 0 aromatic carbocycles. The maximum absolute atomic E-state index is 12.6. The minimum atomic E-state index is 0. The van der Waals surface area contributed by atoms with Gasteiger partial charge in [-0.05, 0) is 32.1 Å². The van der Waals surface area contributed by atoms with Gasteiger partial charge in [0.25, 0.3) is 0 Å². The summed E-state index contributed by atoms with van der Waals surface area (Å²) >= 11 is 0. The maximum atomic E-state index is 12.6. The molecule has 1 saturated carbocycles. The van der Waals surface area contributed by atoms with E-state index in [-0.39, 0.29) is 35.9 Å². The first-order valence-corrected chi connectivity index (χ1v) is 10.4. The summed E-state index contributed by atoms with van der Waals surface area (Å²) in [6, 6.07) is 0.258. The Labute approximate surface area is 184 Å². The van der Waals surface area contributed by atoms with E-state index in [9.17, 15) is 4.79 Å². The van der Waals surface area contributed by atoms with Crippen LogP contribution in [0, 0.1) is 5.92 Å². The number of nitrogens with one attached hydrogen (secondary N) is 2. The third kappa shape index (κ3) is 4.77. The molecule has 1 aromatic heterocycles. The van der Waals surface area contributed by atoms with Crippen LogP contribution >= 0.6 is 24.0 Å². The predicted molar refractivity (Wildman–Crippen MR) is 119 cm³/mol. The zero-order valence-electron chi connectivity index (χ0n) is 16.7. The standard InChI is InChI=1S/C19H31N7O.HI/c1-20-19(21-12-17-24-23-16-8-4-5-10-26(16)17)22-15-9-11-25(13-15)18(27)14-6-2-3-7-14;/h14-15H,2-13H2,1H3,(H2,20,21,22);1H. The summed E-state index contributed by atoms with van der Waals surface area (Å²) in [5.41, 5.74) is 0. The van der Waals surface area contributed by atoms with Crippen LogP contribution in [0.1, 0.15) is 56.6 Å². The fraction of sp³-hybridized carbons (Fsp3) is 0.789. The SMILES string of the molecule is CN=C(NCc1nnc2n1CCCC2)NC1CCN(C(=O)C2CCCC2)C1.I. The van der Waals surface area contributed by atoms with Gasteiger partial charge in [0.1, 0.15) is 5.82 Å². The Morgan fingerprint density at radius 3 is 2.75 bits per heavy atom. The van der Waals surface area contributed by atoms with Crippen LogP contribution in [-0.4, -0.2) is 57.7 Å². The lowest BCUT2D eigenvalue weighted by Crippen LogP contribution is -2.45. The first-order chi connectivity index (χ1) is 13.2. The molecule has 3 aliphatic rings. The fourth-order valence-corrected chi connectivity index (χ4v) is 4.56. The second-order valence-electron chi connectivity index (χ2n) is 7.96. The van der Waals surface area contributed by atoms with Crippen molar-refractivity contribution in [3.63, 3.8) is 0 Å². The second kappa shape index (κ2) is 9.89. The minimum Gasteiger partial charge on any atom is -0.352 e. The number of hydrogen-bond donors (Lipinski definition) is 2. The average Bonchev–Trinajstić information content (AvgIpc) is 3.45. The molecule has 4 rings (SSSR count). The van der Waals surface area contributed by atoms with Crippen molar-refractivity contribution < 1.29 is 4.79 Å². The van der Waals surface area contributed by atoms with Gasteiger partial charge in [0.2, 0.25) is 5.91 Å². The lowest BCUT2D eigenvalue weighted by atomic mass is 10.1. The summed E-state index contributed by atoms with van der Waals surface area (Å²) in [7, 11) is 1.78. The summed E-state index contributed by atoms with van der Waals surface area (Å²) in [6.07, 6.45) is 8.93. The van der Waals surface area contributed by atoms with E-state index in [0.29, 0.717) is 12.5 Å². The zero-order chi connectivity index (χ0) is 18.6. The van der Waals surface area contributed by atoms with Gasteiger partial charge in [0.15, 0.2) is 11.8 Å². The lowest BCUT2D eigenvalue weighted by Gasteiger charge is -2.21. The minimum absolute atomic E-state index is 0. The summed E-state index contributed by atoms with van der Waals surface area (Å²) in [6.45, 7) is 3.24. The summed E-state index contributed by atoms with van der Waals surface area (Å²) in [5.74, 6) is 3.45. The molecule has 1 atom stereocenters. The van der Waals surface area contributed by atoms with Crippen molar-refractivity contribution in [2.75, 3.05) is 20.1 Å². The van der Waals surface area contributed by atoms with E-state index in [1.165, 1.54) is 25.7 Å². The molecule has 1 amide bonds. The Kier molecular flexibility index (Phi) is 7.53. The van der Waals surface area contributed by atoms with Crippen molar-refractivity contribution in [2.24, 2.45) is 10.9 Å². The van der Waals surface area contributed by atoms with Crippen molar-refractivity contribution in [2.45, 2.75) is 70.5 Å². The smallest absolute Gasteiger partial charge is 0.225 e. The number of amides is 1. The molecule has 2 fully saturated rings. The molecule has 8 nitrogen and oxygen atoms in total. The van der Waals surface area contributed by atoms with Gasteiger partial charge in [-0.15, -0.1) is 34.2 Å². The fourth-order valence-electron chi connectivity index (χ4n) is 4.56. The second-order valence-corrected chi connectivity index (χ2v) is 7.96. The summed E-state index contributed by atoms with van der Waals surface area (Å²) in [5, 5.41) is 15.5. The van der Waals surface area contributed by atoms with Crippen molar-refractivity contribution >= 4 is 35.8 Å². The molecule has 28 heavy (non-hydrogen) atoms. The van der Waals surface area contributed by atoms with Gasteiger partial charge in [0.05, 0.1) is 6.54 Å². The molecule has 1 unspecified atom stereocenters. The molecule has 0 spiro atoms. The van der Waals surface area contributed by atoms with E-state index in [4.69, 9.17) is 0 Å². The lowest BCUT2D eigenvalue weighted by molar-refractivity contribution is -0.134. The molecule has 1 aromatic rings. The number of aliphatic imine (C=N–C) groups is 1. The molecule has 1 aliphatic carbocycles. The highest BCUT2D eigenvalue weighted by atomic mass is 127.